The molecule has 0 spiro atoms. The number of thiazole rings is 1. The van der Waals surface area contributed by atoms with Crippen LogP contribution in [0.1, 0.15) is 11.3 Å². The van der Waals surface area contributed by atoms with E-state index in [-0.39, 0.29) is 5.57 Å². The summed E-state index contributed by atoms with van der Waals surface area (Å²) < 4.78 is 1.72. The van der Waals surface area contributed by atoms with Crippen molar-refractivity contribution in [3.63, 3.8) is 0 Å². The van der Waals surface area contributed by atoms with Gasteiger partial charge in [0.05, 0.1) is 12.7 Å². The van der Waals surface area contributed by atoms with E-state index in [1.807, 2.05) is 36.4 Å². The molecular weight excluding hydrogens is 348 g/mol. The molecule has 26 heavy (non-hydrogen) atoms. The first-order chi connectivity index (χ1) is 12.7. The molecule has 0 aliphatic carbocycles. The molecule has 8 heteroatoms. The summed E-state index contributed by atoms with van der Waals surface area (Å²) in [5, 5.41) is 22.0. The number of nitrogens with one attached hydrogen (secondary N) is 1. The minimum atomic E-state index is -0.500. The molecule has 2 heterocycles. The summed E-state index contributed by atoms with van der Waals surface area (Å²) in [5.74, 6) is -0.500. The van der Waals surface area contributed by atoms with Crippen molar-refractivity contribution in [2.75, 3.05) is 5.32 Å². The van der Waals surface area contributed by atoms with E-state index in [4.69, 9.17) is 5.26 Å². The number of benzene rings is 1. The number of nitriles is 1. The van der Waals surface area contributed by atoms with E-state index in [1.54, 1.807) is 34.6 Å². The summed E-state index contributed by atoms with van der Waals surface area (Å²) in [5.41, 5.74) is 1.74. The third-order valence-electron chi connectivity index (χ3n) is 3.29. The first kappa shape index (κ1) is 17.3. The second-order valence-electron chi connectivity index (χ2n) is 5.17. The minimum absolute atomic E-state index is 0.0203. The Kier molecular flexibility index (Phi) is 5.65. The van der Waals surface area contributed by atoms with E-state index in [0.29, 0.717) is 17.4 Å². The fourth-order valence-corrected chi connectivity index (χ4v) is 2.62. The number of carbonyl (C=O) groups is 1. The van der Waals surface area contributed by atoms with Crippen LogP contribution in [0.2, 0.25) is 0 Å². The summed E-state index contributed by atoms with van der Waals surface area (Å²) in [6, 6.07) is 11.8. The Bertz CT molecular complexity index is 967. The maximum Gasteiger partial charge on any atom is 0.268 e. The van der Waals surface area contributed by atoms with Crippen molar-refractivity contribution in [3.05, 3.63) is 77.1 Å². The molecule has 1 aromatic carbocycles. The highest BCUT2D eigenvalue weighted by Gasteiger charge is 2.09. The van der Waals surface area contributed by atoms with Gasteiger partial charge < -0.3 is 0 Å². The number of amides is 1. The monoisotopic (exact) mass is 362 g/mol. The average molecular weight is 362 g/mol. The molecule has 3 rings (SSSR count). The van der Waals surface area contributed by atoms with Gasteiger partial charge in [-0.15, -0.1) is 16.4 Å². The molecule has 0 radical (unpaired) electrons. The van der Waals surface area contributed by atoms with Gasteiger partial charge in [-0.25, -0.2) is 9.67 Å². The number of carbonyl (C=O) groups excluding carboxylic acids is 1. The molecule has 0 aliphatic heterocycles. The molecule has 7 nitrogen and oxygen atoms in total. The summed E-state index contributed by atoms with van der Waals surface area (Å²) in [4.78, 5) is 15.9. The van der Waals surface area contributed by atoms with Crippen LogP contribution in [0.25, 0.3) is 6.08 Å². The number of hydrogen-bond acceptors (Lipinski definition) is 6. The molecule has 0 fully saturated rings. The van der Waals surface area contributed by atoms with Gasteiger partial charge in [-0.1, -0.05) is 41.6 Å². The molecule has 0 saturated carbocycles. The van der Waals surface area contributed by atoms with Crippen LogP contribution >= 0.6 is 11.3 Å². The molecule has 0 unspecified atom stereocenters. The minimum Gasteiger partial charge on any atom is -0.297 e. The van der Waals surface area contributed by atoms with E-state index in [9.17, 15) is 4.79 Å². The van der Waals surface area contributed by atoms with E-state index in [2.05, 4.69) is 20.6 Å². The molecule has 0 saturated heterocycles. The first-order valence-corrected chi connectivity index (χ1v) is 8.56. The van der Waals surface area contributed by atoms with Crippen LogP contribution in [0.4, 0.5) is 5.13 Å². The number of hydrogen-bond donors (Lipinski definition) is 1. The first-order valence-electron chi connectivity index (χ1n) is 7.68. The third kappa shape index (κ3) is 4.72. The van der Waals surface area contributed by atoms with Crippen LogP contribution in [0.15, 0.2) is 65.8 Å². The Morgan fingerprint density at radius 1 is 1.35 bits per heavy atom. The van der Waals surface area contributed by atoms with Crippen LogP contribution in [-0.2, 0) is 11.3 Å². The lowest BCUT2D eigenvalue weighted by atomic mass is 10.2. The Labute approximate surface area is 153 Å². The molecular formula is C18H14N6OS. The summed E-state index contributed by atoms with van der Waals surface area (Å²) in [6.45, 7) is 0.622. The highest BCUT2D eigenvalue weighted by Crippen LogP contribution is 2.11. The highest BCUT2D eigenvalue weighted by atomic mass is 32.1. The van der Waals surface area contributed by atoms with E-state index in [1.165, 1.54) is 17.4 Å². The van der Waals surface area contributed by atoms with Crippen LogP contribution in [0.3, 0.4) is 0 Å². The Balaban J connectivity index is 1.62. The number of allylic oxidation sites excluding steroid dienone is 2. The lowest BCUT2D eigenvalue weighted by Gasteiger charge is -1.99. The van der Waals surface area contributed by atoms with Crippen molar-refractivity contribution >= 4 is 28.5 Å². The maximum atomic E-state index is 12.0. The zero-order valence-corrected chi connectivity index (χ0v) is 14.4. The lowest BCUT2D eigenvalue weighted by molar-refractivity contribution is -0.112. The number of rotatable bonds is 6. The second-order valence-corrected chi connectivity index (χ2v) is 6.06. The fraction of sp³-hybridized carbons (Fsp3) is 0.0556. The number of anilines is 1. The van der Waals surface area contributed by atoms with Gasteiger partial charge in [0, 0.05) is 11.6 Å². The standard InChI is InChI=1S/C18H14N6OS/c19-11-15(17(25)21-18-20-9-10-26-18)7-4-8-16-13-24(23-22-16)12-14-5-2-1-3-6-14/h1-10,13H,12H2,(H,20,21,25)/b8-4+,15-7+. The predicted molar refractivity (Wildman–Crippen MR) is 99.0 cm³/mol. The van der Waals surface area contributed by atoms with Gasteiger partial charge in [0.2, 0.25) is 0 Å². The van der Waals surface area contributed by atoms with Gasteiger partial charge in [-0.3, -0.25) is 10.1 Å². The van der Waals surface area contributed by atoms with Crippen LogP contribution < -0.4 is 5.32 Å². The second kappa shape index (κ2) is 8.50. The molecule has 1 N–H and O–H groups in total. The Morgan fingerprint density at radius 3 is 2.92 bits per heavy atom. The molecule has 2 aromatic heterocycles. The van der Waals surface area contributed by atoms with Crippen LogP contribution in [-0.4, -0.2) is 25.9 Å². The molecule has 3 aromatic rings. The Morgan fingerprint density at radius 2 is 2.19 bits per heavy atom. The van der Waals surface area contributed by atoms with E-state index >= 15 is 0 Å². The average Bonchev–Trinajstić information content (AvgIpc) is 3.32. The number of aromatic nitrogens is 4. The van der Waals surface area contributed by atoms with Gasteiger partial charge >= 0.3 is 0 Å². The highest BCUT2D eigenvalue weighted by molar-refractivity contribution is 7.13. The van der Waals surface area contributed by atoms with Gasteiger partial charge in [0.25, 0.3) is 5.91 Å². The zero-order chi connectivity index (χ0) is 18.2. The summed E-state index contributed by atoms with van der Waals surface area (Å²) in [7, 11) is 0. The van der Waals surface area contributed by atoms with Gasteiger partial charge in [-0.2, -0.15) is 5.26 Å². The smallest absolute Gasteiger partial charge is 0.268 e. The quantitative estimate of drug-likeness (QED) is 0.413. The zero-order valence-electron chi connectivity index (χ0n) is 13.6. The maximum absolute atomic E-state index is 12.0. The normalized spacial score (nSPS) is 11.4. The van der Waals surface area contributed by atoms with Crippen LogP contribution in [0.5, 0.6) is 0 Å². The molecule has 0 bridgehead atoms. The molecule has 0 atom stereocenters. The van der Waals surface area contributed by atoms with Gasteiger partial charge in [-0.05, 0) is 17.7 Å². The van der Waals surface area contributed by atoms with E-state index in [0.717, 1.165) is 5.56 Å². The van der Waals surface area contributed by atoms with Gasteiger partial charge in [0.15, 0.2) is 5.13 Å². The van der Waals surface area contributed by atoms with E-state index < -0.39 is 5.91 Å². The topological polar surface area (TPSA) is 96.5 Å². The fourth-order valence-electron chi connectivity index (χ4n) is 2.09. The van der Waals surface area contributed by atoms with Gasteiger partial charge in [0.1, 0.15) is 17.3 Å². The lowest BCUT2D eigenvalue weighted by Crippen LogP contribution is -2.13. The van der Waals surface area contributed by atoms with Crippen molar-refractivity contribution in [1.82, 2.24) is 20.0 Å². The van der Waals surface area contributed by atoms with Crippen molar-refractivity contribution in [3.8, 4) is 6.07 Å². The summed E-state index contributed by atoms with van der Waals surface area (Å²) >= 11 is 1.28. The largest absolute Gasteiger partial charge is 0.297 e. The predicted octanol–water partition coefficient (Wildman–Crippen LogP) is 2.88. The SMILES string of the molecule is N#C/C(=C\C=C\c1cn(Cc2ccccc2)nn1)C(=O)Nc1nccs1. The van der Waals surface area contributed by atoms with Crippen molar-refractivity contribution in [2.24, 2.45) is 0 Å². The van der Waals surface area contributed by atoms with Crippen molar-refractivity contribution in [2.45, 2.75) is 6.54 Å². The van der Waals surface area contributed by atoms with Crippen LogP contribution in [0, 0.1) is 11.3 Å². The molecule has 0 aliphatic rings. The summed E-state index contributed by atoms with van der Waals surface area (Å²) in [6.07, 6.45) is 8.08. The third-order valence-corrected chi connectivity index (χ3v) is 3.98. The Hall–Kier alpha value is -3.57. The van der Waals surface area contributed by atoms with Crippen molar-refractivity contribution < 1.29 is 4.79 Å². The molecule has 1 amide bonds. The number of nitrogens with zero attached hydrogens (tertiary/aromatic N) is 5. The van der Waals surface area contributed by atoms with Crippen molar-refractivity contribution in [1.29, 1.82) is 5.26 Å². The molecule has 128 valence electrons.